The Labute approximate surface area is 270 Å². The van der Waals surface area contributed by atoms with Gasteiger partial charge in [-0.1, -0.05) is 195 Å². The van der Waals surface area contributed by atoms with Crippen LogP contribution in [-0.2, 0) is 0 Å². The first-order valence-electron chi connectivity index (χ1n) is 20.6. The fraction of sp³-hybridized carbons (Fsp3) is 1.00. The zero-order chi connectivity index (χ0) is 30.7. The molecular formula is C41H86P+. The van der Waals surface area contributed by atoms with Gasteiger partial charge in [-0.3, -0.25) is 0 Å². The zero-order valence-corrected chi connectivity index (χ0v) is 31.5. The van der Waals surface area contributed by atoms with Gasteiger partial charge in [0.15, 0.2) is 0 Å². The van der Waals surface area contributed by atoms with Gasteiger partial charge >= 0.3 is 0 Å². The molecule has 0 aromatic heterocycles. The van der Waals surface area contributed by atoms with Crippen LogP contribution in [0.4, 0.5) is 0 Å². The second-order valence-electron chi connectivity index (χ2n) is 14.5. The van der Waals surface area contributed by atoms with Crippen molar-refractivity contribution in [2.24, 2.45) is 0 Å². The molecule has 1 heteroatoms. The highest BCUT2D eigenvalue weighted by atomic mass is 31.2. The Bertz CT molecular complexity index is 412. The summed E-state index contributed by atoms with van der Waals surface area (Å²) < 4.78 is 0. The van der Waals surface area contributed by atoms with E-state index >= 15 is 0 Å². The van der Waals surface area contributed by atoms with Crippen molar-refractivity contribution in [2.45, 2.75) is 240 Å². The Kier molecular flexibility index (Phi) is 36.3. The lowest BCUT2D eigenvalue weighted by Crippen LogP contribution is -2.13. The van der Waals surface area contributed by atoms with Crippen molar-refractivity contribution in [1.82, 2.24) is 0 Å². The molecule has 0 fully saturated rings. The molecule has 0 amide bonds. The Balaban J connectivity index is 4.57. The van der Waals surface area contributed by atoms with Gasteiger partial charge in [0.05, 0.1) is 24.6 Å². The number of rotatable bonds is 37. The Hall–Kier alpha value is 0.430. The van der Waals surface area contributed by atoms with Gasteiger partial charge in [0.1, 0.15) is 0 Å². The van der Waals surface area contributed by atoms with Crippen LogP contribution in [0.15, 0.2) is 0 Å². The molecule has 0 rings (SSSR count). The van der Waals surface area contributed by atoms with Crippen LogP contribution >= 0.6 is 7.26 Å². The second kappa shape index (κ2) is 35.9. The van der Waals surface area contributed by atoms with Gasteiger partial charge in [0.25, 0.3) is 0 Å². The van der Waals surface area contributed by atoms with Crippen LogP contribution in [0.5, 0.6) is 0 Å². The van der Waals surface area contributed by atoms with E-state index in [2.05, 4.69) is 27.7 Å². The first-order valence-corrected chi connectivity index (χ1v) is 23.1. The predicted octanol–water partition coefficient (Wildman–Crippen LogP) is 16.0. The van der Waals surface area contributed by atoms with Crippen LogP contribution in [-0.4, -0.2) is 24.6 Å². The van der Waals surface area contributed by atoms with Crippen LogP contribution in [0.2, 0.25) is 0 Å². The maximum absolute atomic E-state index is 2.41. The molecule has 0 aliphatic heterocycles. The molecule has 0 aliphatic rings. The lowest BCUT2D eigenvalue weighted by atomic mass is 10.1. The minimum atomic E-state index is -0.748. The van der Waals surface area contributed by atoms with Crippen LogP contribution in [0.3, 0.4) is 0 Å². The second-order valence-corrected chi connectivity index (χ2v) is 19.0. The quantitative estimate of drug-likeness (QED) is 0.0485. The minimum absolute atomic E-state index is 0.748. The molecule has 0 heterocycles. The van der Waals surface area contributed by atoms with Crippen molar-refractivity contribution < 1.29 is 0 Å². The highest BCUT2D eigenvalue weighted by Crippen LogP contribution is 2.61. The van der Waals surface area contributed by atoms with Crippen molar-refractivity contribution in [3.05, 3.63) is 0 Å². The fourth-order valence-electron chi connectivity index (χ4n) is 7.17. The molecule has 0 saturated carbocycles. The minimum Gasteiger partial charge on any atom is -0.0654 e. The summed E-state index contributed by atoms with van der Waals surface area (Å²) in [6.07, 6.45) is 55.7. The molecular weight excluding hydrogens is 523 g/mol. The monoisotopic (exact) mass is 610 g/mol. The van der Waals surface area contributed by atoms with Gasteiger partial charge in [-0.25, -0.2) is 0 Å². The zero-order valence-electron chi connectivity index (χ0n) is 30.6. The van der Waals surface area contributed by atoms with E-state index in [1.54, 1.807) is 43.9 Å². The highest BCUT2D eigenvalue weighted by Gasteiger charge is 2.34. The highest BCUT2D eigenvalue weighted by molar-refractivity contribution is 7.75. The molecule has 0 spiro atoms. The van der Waals surface area contributed by atoms with Gasteiger partial charge in [-0.15, -0.1) is 0 Å². The maximum atomic E-state index is 2.41. The molecule has 0 N–H and O–H groups in total. The third-order valence-electron chi connectivity index (χ3n) is 10.2. The van der Waals surface area contributed by atoms with Crippen molar-refractivity contribution in [1.29, 1.82) is 0 Å². The largest absolute Gasteiger partial charge is 0.0654 e. The van der Waals surface area contributed by atoms with E-state index in [-0.39, 0.29) is 0 Å². The number of unbranched alkanes of at least 4 members (excludes halogenated alkanes) is 29. The summed E-state index contributed by atoms with van der Waals surface area (Å²) in [4.78, 5) is 0. The molecule has 0 radical (unpaired) electrons. The standard InChI is InChI=1S/C41H86P/c1-5-9-13-16-19-22-25-28-31-35-39-42(38-34-12-8-4,40-36-32-29-26-23-20-17-14-10-6-2)41-37-33-30-27-24-21-18-15-11-7-3/h5-41H2,1-4H3/q+1. The lowest BCUT2D eigenvalue weighted by molar-refractivity contribution is 0.559. The average Bonchev–Trinajstić information content (AvgIpc) is 3.00. The first kappa shape index (κ1) is 42.4. The Morgan fingerprint density at radius 3 is 0.548 bits per heavy atom. The van der Waals surface area contributed by atoms with E-state index in [0.29, 0.717) is 0 Å². The van der Waals surface area contributed by atoms with E-state index in [4.69, 9.17) is 0 Å². The molecule has 0 aromatic rings. The maximum Gasteiger partial charge on any atom is 0.0594 e. The molecule has 42 heavy (non-hydrogen) atoms. The predicted molar refractivity (Wildman–Crippen MR) is 201 cm³/mol. The molecule has 0 unspecified atom stereocenters. The lowest BCUT2D eigenvalue weighted by Gasteiger charge is -2.28. The number of hydrogen-bond acceptors (Lipinski definition) is 0. The molecule has 0 aliphatic carbocycles. The van der Waals surface area contributed by atoms with Gasteiger partial charge in [-0.05, 0) is 44.9 Å². The van der Waals surface area contributed by atoms with Crippen LogP contribution in [0.1, 0.15) is 240 Å². The summed E-state index contributed by atoms with van der Waals surface area (Å²) in [7, 11) is -0.748. The Morgan fingerprint density at radius 1 is 0.190 bits per heavy atom. The summed E-state index contributed by atoms with van der Waals surface area (Å²) in [5.74, 6) is 0. The summed E-state index contributed by atoms with van der Waals surface area (Å²) in [6, 6.07) is 0. The van der Waals surface area contributed by atoms with E-state index in [1.807, 2.05) is 0 Å². The van der Waals surface area contributed by atoms with E-state index in [0.717, 1.165) is 0 Å². The molecule has 254 valence electrons. The molecule has 0 saturated heterocycles. The summed E-state index contributed by atoms with van der Waals surface area (Å²) in [5.41, 5.74) is 0. The van der Waals surface area contributed by atoms with Gasteiger partial charge in [0, 0.05) is 7.26 Å². The van der Waals surface area contributed by atoms with Gasteiger partial charge in [-0.2, -0.15) is 0 Å². The fourth-order valence-corrected chi connectivity index (χ4v) is 12.1. The van der Waals surface area contributed by atoms with Crippen molar-refractivity contribution >= 4 is 7.26 Å². The molecule has 0 aromatic carbocycles. The average molecular weight is 610 g/mol. The summed E-state index contributed by atoms with van der Waals surface area (Å²) in [5, 5.41) is 0. The van der Waals surface area contributed by atoms with Gasteiger partial charge < -0.3 is 0 Å². The molecule has 0 atom stereocenters. The first-order chi connectivity index (χ1) is 20.7. The molecule has 0 bridgehead atoms. The van der Waals surface area contributed by atoms with Gasteiger partial charge in [0.2, 0.25) is 0 Å². The smallest absolute Gasteiger partial charge is 0.0594 e. The number of hydrogen-bond donors (Lipinski definition) is 0. The van der Waals surface area contributed by atoms with Crippen LogP contribution < -0.4 is 0 Å². The topological polar surface area (TPSA) is 0 Å². The Morgan fingerprint density at radius 2 is 0.333 bits per heavy atom. The van der Waals surface area contributed by atoms with Crippen molar-refractivity contribution in [2.75, 3.05) is 24.6 Å². The van der Waals surface area contributed by atoms with Crippen molar-refractivity contribution in [3.8, 4) is 0 Å². The summed E-state index contributed by atoms with van der Waals surface area (Å²) >= 11 is 0. The SMILES string of the molecule is CCCCCCCCCCCC[P+](CCCCC)(CCCCCCCCCCCC)CCCCCCCCCCCC. The third-order valence-corrected chi connectivity index (χ3v) is 15.3. The van der Waals surface area contributed by atoms with E-state index < -0.39 is 7.26 Å². The normalized spacial score (nSPS) is 12.0. The van der Waals surface area contributed by atoms with Crippen LogP contribution in [0.25, 0.3) is 0 Å². The van der Waals surface area contributed by atoms with E-state index in [9.17, 15) is 0 Å². The summed E-state index contributed by atoms with van der Waals surface area (Å²) in [6.45, 7) is 9.40. The van der Waals surface area contributed by atoms with Crippen LogP contribution in [0, 0.1) is 0 Å². The van der Waals surface area contributed by atoms with E-state index in [1.165, 1.54) is 193 Å². The molecule has 0 nitrogen and oxygen atoms in total. The third kappa shape index (κ3) is 30.5. The van der Waals surface area contributed by atoms with Crippen molar-refractivity contribution in [3.63, 3.8) is 0 Å².